The number of hydrogen-bond donors (Lipinski definition) is 2. The molecule has 0 aliphatic carbocycles. The van der Waals surface area contributed by atoms with E-state index in [0.717, 1.165) is 19.8 Å². The number of amides is 1. The van der Waals surface area contributed by atoms with Crippen LogP contribution in [-0.2, 0) is 9.53 Å². The molecule has 0 bridgehead atoms. The molecule has 7 heteroatoms. The first-order valence-electron chi connectivity index (χ1n) is 6.19. The smallest absolute Gasteiger partial charge is 0.242 e. The predicted molar refractivity (Wildman–Crippen MR) is 85.3 cm³/mol. The Kier molecular flexibility index (Phi) is 5.33. The van der Waals surface area contributed by atoms with Crippen molar-refractivity contribution in [1.29, 1.82) is 0 Å². The molecular formula is C13H16BrN3O2S. The van der Waals surface area contributed by atoms with Crippen molar-refractivity contribution in [1.82, 2.24) is 10.3 Å². The molecule has 0 aliphatic rings. The van der Waals surface area contributed by atoms with E-state index in [-0.39, 0.29) is 11.9 Å². The van der Waals surface area contributed by atoms with E-state index < -0.39 is 0 Å². The molecule has 2 aromatic rings. The van der Waals surface area contributed by atoms with Gasteiger partial charge in [0.25, 0.3) is 0 Å². The summed E-state index contributed by atoms with van der Waals surface area (Å²) in [4.78, 5) is 16.3. The Morgan fingerprint density at radius 2 is 2.35 bits per heavy atom. The molecule has 1 amide bonds. The third kappa shape index (κ3) is 3.91. The number of ether oxygens (including phenoxy) is 1. The Morgan fingerprint density at radius 3 is 3.10 bits per heavy atom. The van der Waals surface area contributed by atoms with Crippen LogP contribution in [0.25, 0.3) is 10.2 Å². The van der Waals surface area contributed by atoms with Crippen LogP contribution in [0.3, 0.4) is 0 Å². The standard InChI is InChI=1S/C13H16BrN3O2S/c1-8(12(18)15-5-6-19-2)16-13-17-10-4-3-9(14)7-11(10)20-13/h3-4,7-8H,5-6H2,1-2H3,(H,15,18)(H,16,17). The molecule has 2 N–H and O–H groups in total. The Labute approximate surface area is 129 Å². The normalized spacial score (nSPS) is 12.3. The molecule has 2 rings (SSSR count). The summed E-state index contributed by atoms with van der Waals surface area (Å²) in [6, 6.07) is 5.58. The lowest BCUT2D eigenvalue weighted by Gasteiger charge is -2.12. The number of aromatic nitrogens is 1. The van der Waals surface area contributed by atoms with Crippen molar-refractivity contribution in [2.45, 2.75) is 13.0 Å². The number of methoxy groups -OCH3 is 1. The van der Waals surface area contributed by atoms with E-state index >= 15 is 0 Å². The SMILES string of the molecule is COCCNC(=O)C(C)Nc1nc2ccc(Br)cc2s1. The van der Waals surface area contributed by atoms with Gasteiger partial charge in [0, 0.05) is 18.1 Å². The fraction of sp³-hybridized carbons (Fsp3) is 0.385. The molecule has 0 radical (unpaired) electrons. The van der Waals surface area contributed by atoms with E-state index in [4.69, 9.17) is 4.74 Å². The van der Waals surface area contributed by atoms with E-state index in [0.29, 0.717) is 13.2 Å². The number of thiazole rings is 1. The Morgan fingerprint density at radius 1 is 1.55 bits per heavy atom. The number of nitrogens with one attached hydrogen (secondary N) is 2. The summed E-state index contributed by atoms with van der Waals surface area (Å²) in [7, 11) is 1.60. The van der Waals surface area contributed by atoms with E-state index in [2.05, 4.69) is 31.5 Å². The fourth-order valence-electron chi connectivity index (χ4n) is 1.64. The van der Waals surface area contributed by atoms with Gasteiger partial charge in [-0.05, 0) is 25.1 Å². The Bertz CT molecular complexity index is 602. The minimum Gasteiger partial charge on any atom is -0.383 e. The van der Waals surface area contributed by atoms with Crippen LogP contribution in [0.5, 0.6) is 0 Å². The molecule has 0 saturated heterocycles. The maximum atomic E-state index is 11.8. The zero-order valence-electron chi connectivity index (χ0n) is 11.3. The molecule has 1 aromatic heterocycles. The van der Waals surface area contributed by atoms with Gasteiger partial charge in [-0.2, -0.15) is 0 Å². The lowest BCUT2D eigenvalue weighted by atomic mass is 10.3. The Balaban J connectivity index is 1.98. The highest BCUT2D eigenvalue weighted by atomic mass is 79.9. The second-order valence-corrected chi connectivity index (χ2v) is 6.23. The number of hydrogen-bond acceptors (Lipinski definition) is 5. The highest BCUT2D eigenvalue weighted by Gasteiger charge is 2.14. The van der Waals surface area contributed by atoms with Gasteiger partial charge in [-0.25, -0.2) is 4.98 Å². The van der Waals surface area contributed by atoms with Gasteiger partial charge in [0.1, 0.15) is 6.04 Å². The molecule has 0 fully saturated rings. The molecule has 108 valence electrons. The van der Waals surface area contributed by atoms with Crippen molar-refractivity contribution in [2.24, 2.45) is 0 Å². The highest BCUT2D eigenvalue weighted by Crippen LogP contribution is 2.28. The van der Waals surface area contributed by atoms with Crippen molar-refractivity contribution < 1.29 is 9.53 Å². The minimum atomic E-state index is -0.337. The van der Waals surface area contributed by atoms with Crippen molar-refractivity contribution in [2.75, 3.05) is 25.6 Å². The monoisotopic (exact) mass is 357 g/mol. The van der Waals surface area contributed by atoms with Gasteiger partial charge >= 0.3 is 0 Å². The third-order valence-electron chi connectivity index (χ3n) is 2.69. The summed E-state index contributed by atoms with van der Waals surface area (Å²) >= 11 is 4.96. The van der Waals surface area contributed by atoms with Crippen LogP contribution < -0.4 is 10.6 Å². The topological polar surface area (TPSA) is 63.2 Å². The minimum absolute atomic E-state index is 0.0671. The number of anilines is 1. The summed E-state index contributed by atoms with van der Waals surface area (Å²) in [6.07, 6.45) is 0. The first-order chi connectivity index (χ1) is 9.60. The molecular weight excluding hydrogens is 342 g/mol. The third-order valence-corrected chi connectivity index (χ3v) is 4.13. The summed E-state index contributed by atoms with van der Waals surface area (Å²) in [5, 5.41) is 6.65. The zero-order chi connectivity index (χ0) is 14.5. The van der Waals surface area contributed by atoms with Crippen LogP contribution in [0.2, 0.25) is 0 Å². The highest BCUT2D eigenvalue weighted by molar-refractivity contribution is 9.10. The molecule has 0 aliphatic heterocycles. The number of rotatable bonds is 6. The average Bonchev–Trinajstić information content (AvgIpc) is 2.80. The van der Waals surface area contributed by atoms with E-state index in [1.807, 2.05) is 25.1 Å². The van der Waals surface area contributed by atoms with E-state index in [1.165, 1.54) is 11.3 Å². The molecule has 0 spiro atoms. The van der Waals surface area contributed by atoms with Crippen LogP contribution in [0.4, 0.5) is 5.13 Å². The average molecular weight is 358 g/mol. The van der Waals surface area contributed by atoms with Crippen LogP contribution in [0.1, 0.15) is 6.92 Å². The largest absolute Gasteiger partial charge is 0.383 e. The second-order valence-electron chi connectivity index (χ2n) is 4.28. The van der Waals surface area contributed by atoms with Crippen LogP contribution in [-0.4, -0.2) is 37.2 Å². The van der Waals surface area contributed by atoms with Crippen molar-refractivity contribution in [3.8, 4) is 0 Å². The van der Waals surface area contributed by atoms with Gasteiger partial charge in [0.15, 0.2) is 5.13 Å². The summed E-state index contributed by atoms with van der Waals surface area (Å²) < 4.78 is 6.99. The number of fused-ring (bicyclic) bond motifs is 1. The van der Waals surface area contributed by atoms with Crippen LogP contribution >= 0.6 is 27.3 Å². The van der Waals surface area contributed by atoms with Gasteiger partial charge in [-0.1, -0.05) is 27.3 Å². The maximum Gasteiger partial charge on any atom is 0.242 e. The molecule has 5 nitrogen and oxygen atoms in total. The molecule has 1 atom stereocenters. The number of nitrogens with zero attached hydrogens (tertiary/aromatic N) is 1. The Hall–Kier alpha value is -1.18. The fourth-order valence-corrected chi connectivity index (χ4v) is 3.15. The number of halogens is 1. The molecule has 0 saturated carbocycles. The van der Waals surface area contributed by atoms with Crippen LogP contribution in [0, 0.1) is 0 Å². The molecule has 1 unspecified atom stereocenters. The lowest BCUT2D eigenvalue weighted by Crippen LogP contribution is -2.38. The van der Waals surface area contributed by atoms with Crippen molar-refractivity contribution >= 4 is 48.5 Å². The quantitative estimate of drug-likeness (QED) is 0.780. The lowest BCUT2D eigenvalue weighted by molar-refractivity contribution is -0.121. The van der Waals surface area contributed by atoms with Crippen molar-refractivity contribution in [3.63, 3.8) is 0 Å². The molecule has 1 aromatic carbocycles. The first-order valence-corrected chi connectivity index (χ1v) is 7.80. The number of carbonyl (C=O) groups excluding carboxylic acids is 1. The summed E-state index contributed by atoms with van der Waals surface area (Å²) in [5.41, 5.74) is 0.924. The molecule has 20 heavy (non-hydrogen) atoms. The van der Waals surface area contributed by atoms with Crippen LogP contribution in [0.15, 0.2) is 22.7 Å². The van der Waals surface area contributed by atoms with Gasteiger partial charge < -0.3 is 15.4 Å². The zero-order valence-corrected chi connectivity index (χ0v) is 13.7. The second kappa shape index (κ2) is 7.01. The van der Waals surface area contributed by atoms with E-state index in [9.17, 15) is 4.79 Å². The van der Waals surface area contributed by atoms with Crippen molar-refractivity contribution in [3.05, 3.63) is 22.7 Å². The summed E-state index contributed by atoms with van der Waals surface area (Å²) in [5.74, 6) is -0.0671. The van der Waals surface area contributed by atoms with E-state index in [1.54, 1.807) is 7.11 Å². The number of carbonyl (C=O) groups is 1. The first kappa shape index (κ1) is 15.2. The predicted octanol–water partition coefficient (Wildman–Crippen LogP) is 2.62. The van der Waals surface area contributed by atoms with Gasteiger partial charge in [0.05, 0.1) is 16.8 Å². The molecule has 1 heterocycles. The number of benzene rings is 1. The maximum absolute atomic E-state index is 11.8. The van der Waals surface area contributed by atoms with Gasteiger partial charge in [0.2, 0.25) is 5.91 Å². The van der Waals surface area contributed by atoms with Gasteiger partial charge in [-0.3, -0.25) is 4.79 Å². The summed E-state index contributed by atoms with van der Waals surface area (Å²) in [6.45, 7) is 2.83. The van der Waals surface area contributed by atoms with Gasteiger partial charge in [-0.15, -0.1) is 0 Å².